The number of para-hydroxylation sites is 1. The quantitative estimate of drug-likeness (QED) is 0.793. The summed E-state index contributed by atoms with van der Waals surface area (Å²) in [6.45, 7) is 4.28. The van der Waals surface area contributed by atoms with Crippen molar-refractivity contribution in [2.24, 2.45) is 0 Å². The molecule has 1 aliphatic heterocycles. The van der Waals surface area contributed by atoms with Crippen molar-refractivity contribution in [1.29, 1.82) is 0 Å². The molecule has 3 nitrogen and oxygen atoms in total. The van der Waals surface area contributed by atoms with Crippen LogP contribution in [0.5, 0.6) is 5.75 Å². The molecule has 0 radical (unpaired) electrons. The Morgan fingerprint density at radius 1 is 1.38 bits per heavy atom. The Labute approximate surface area is 96.7 Å². The van der Waals surface area contributed by atoms with E-state index in [1.807, 2.05) is 0 Å². The third-order valence-corrected chi connectivity index (χ3v) is 3.13. The fourth-order valence-electron chi connectivity index (χ4n) is 2.28. The summed E-state index contributed by atoms with van der Waals surface area (Å²) >= 11 is 0. The van der Waals surface area contributed by atoms with Gasteiger partial charge in [0, 0.05) is 5.56 Å². The molecule has 16 heavy (non-hydrogen) atoms. The van der Waals surface area contributed by atoms with Gasteiger partial charge in [0.05, 0.1) is 13.2 Å². The first-order valence-electron chi connectivity index (χ1n) is 5.88. The van der Waals surface area contributed by atoms with Gasteiger partial charge in [-0.3, -0.25) is 0 Å². The van der Waals surface area contributed by atoms with Crippen molar-refractivity contribution in [3.63, 3.8) is 0 Å². The zero-order chi connectivity index (χ0) is 11.5. The first-order chi connectivity index (χ1) is 7.81. The van der Waals surface area contributed by atoms with E-state index in [0.29, 0.717) is 0 Å². The van der Waals surface area contributed by atoms with Crippen LogP contribution in [0.3, 0.4) is 0 Å². The van der Waals surface area contributed by atoms with E-state index in [4.69, 9.17) is 9.57 Å². The van der Waals surface area contributed by atoms with Crippen LogP contribution >= 0.6 is 0 Å². The van der Waals surface area contributed by atoms with Crippen LogP contribution in [0.25, 0.3) is 0 Å². The number of fused-ring (bicyclic) bond motifs is 1. The van der Waals surface area contributed by atoms with E-state index < -0.39 is 0 Å². The first-order valence-corrected chi connectivity index (χ1v) is 5.88. The summed E-state index contributed by atoms with van der Waals surface area (Å²) < 4.78 is 6.00. The fourth-order valence-corrected chi connectivity index (χ4v) is 2.28. The first kappa shape index (κ1) is 11.4. The molecule has 1 heterocycles. The van der Waals surface area contributed by atoms with E-state index in [2.05, 4.69) is 37.5 Å². The molecule has 88 valence electrons. The molecule has 3 heteroatoms. The minimum absolute atomic E-state index is 0.150. The van der Waals surface area contributed by atoms with Gasteiger partial charge < -0.3 is 9.57 Å². The maximum Gasteiger partial charge on any atom is 0.128 e. The normalized spacial score (nSPS) is 22.9. The van der Waals surface area contributed by atoms with Crippen LogP contribution in [0.1, 0.15) is 37.4 Å². The number of aryl methyl sites for hydroxylation is 1. The third-order valence-electron chi connectivity index (χ3n) is 3.13. The van der Waals surface area contributed by atoms with Gasteiger partial charge in [0.25, 0.3) is 0 Å². The Hall–Kier alpha value is -1.06. The smallest absolute Gasteiger partial charge is 0.128 e. The van der Waals surface area contributed by atoms with Gasteiger partial charge in [-0.25, -0.2) is 0 Å². The van der Waals surface area contributed by atoms with Crippen molar-refractivity contribution < 1.29 is 9.57 Å². The molecule has 0 aromatic heterocycles. The standard InChI is InChI=1S/C13H19NO2/c1-4-9-7-6-8-10-12(14-15-3)11(5-2)16-13(9)10/h6-8,11-12,14H,4-5H2,1-3H3. The Kier molecular flexibility index (Phi) is 3.46. The number of benzene rings is 1. The molecule has 0 spiro atoms. The fraction of sp³-hybridized carbons (Fsp3) is 0.538. The molecule has 1 N–H and O–H groups in total. The van der Waals surface area contributed by atoms with E-state index >= 15 is 0 Å². The highest BCUT2D eigenvalue weighted by molar-refractivity contribution is 5.47. The second-order valence-electron chi connectivity index (χ2n) is 4.05. The highest BCUT2D eigenvalue weighted by Crippen LogP contribution is 2.40. The summed E-state index contributed by atoms with van der Waals surface area (Å²) in [5.74, 6) is 1.05. The molecule has 2 rings (SSSR count). The lowest BCUT2D eigenvalue weighted by Crippen LogP contribution is -2.29. The minimum atomic E-state index is 0.150. The van der Waals surface area contributed by atoms with E-state index in [0.717, 1.165) is 18.6 Å². The Balaban J connectivity index is 2.36. The van der Waals surface area contributed by atoms with Gasteiger partial charge in [0.15, 0.2) is 0 Å². The van der Waals surface area contributed by atoms with E-state index in [1.54, 1.807) is 7.11 Å². The zero-order valence-electron chi connectivity index (χ0n) is 10.1. The van der Waals surface area contributed by atoms with Gasteiger partial charge in [-0.05, 0) is 18.4 Å². The molecule has 0 bridgehead atoms. The highest BCUT2D eigenvalue weighted by Gasteiger charge is 2.34. The summed E-state index contributed by atoms with van der Waals surface area (Å²) in [5, 5.41) is 0. The average Bonchev–Trinajstić information content (AvgIpc) is 2.68. The lowest BCUT2D eigenvalue weighted by Gasteiger charge is -2.17. The van der Waals surface area contributed by atoms with Gasteiger partial charge in [0.2, 0.25) is 0 Å². The van der Waals surface area contributed by atoms with Gasteiger partial charge in [-0.2, -0.15) is 5.48 Å². The van der Waals surface area contributed by atoms with Crippen molar-refractivity contribution in [3.8, 4) is 5.75 Å². The van der Waals surface area contributed by atoms with Gasteiger partial charge in [-0.1, -0.05) is 32.0 Å². The SMILES string of the molecule is CCc1cccc2c1OC(CC)C2NOC. The van der Waals surface area contributed by atoms with Crippen LogP contribution in [-0.2, 0) is 11.3 Å². The summed E-state index contributed by atoms with van der Waals surface area (Å²) in [7, 11) is 1.65. The highest BCUT2D eigenvalue weighted by atomic mass is 16.6. The van der Waals surface area contributed by atoms with E-state index in [9.17, 15) is 0 Å². The molecule has 1 aromatic carbocycles. The Morgan fingerprint density at radius 3 is 2.81 bits per heavy atom. The second kappa shape index (κ2) is 4.85. The maximum absolute atomic E-state index is 6.00. The largest absolute Gasteiger partial charge is 0.488 e. The molecular weight excluding hydrogens is 202 g/mol. The Morgan fingerprint density at radius 2 is 2.19 bits per heavy atom. The van der Waals surface area contributed by atoms with Crippen LogP contribution < -0.4 is 10.2 Å². The predicted octanol–water partition coefficient (Wildman–Crippen LogP) is 2.61. The summed E-state index contributed by atoms with van der Waals surface area (Å²) in [6.07, 6.45) is 2.14. The summed E-state index contributed by atoms with van der Waals surface area (Å²) in [6, 6.07) is 6.47. The lowest BCUT2D eigenvalue weighted by molar-refractivity contribution is 0.0282. The molecule has 0 aliphatic carbocycles. The predicted molar refractivity (Wildman–Crippen MR) is 63.4 cm³/mol. The summed E-state index contributed by atoms with van der Waals surface area (Å²) in [4.78, 5) is 5.06. The molecule has 0 saturated carbocycles. The minimum Gasteiger partial charge on any atom is -0.488 e. The number of hydrogen-bond donors (Lipinski definition) is 1. The summed E-state index contributed by atoms with van der Waals surface area (Å²) in [5.41, 5.74) is 5.52. The number of hydrogen-bond acceptors (Lipinski definition) is 3. The monoisotopic (exact) mass is 221 g/mol. The molecule has 2 unspecified atom stereocenters. The Bertz CT molecular complexity index is 365. The van der Waals surface area contributed by atoms with Crippen LogP contribution in [-0.4, -0.2) is 13.2 Å². The van der Waals surface area contributed by atoms with Crippen molar-refractivity contribution in [2.75, 3.05) is 7.11 Å². The van der Waals surface area contributed by atoms with Crippen LogP contribution in [0.4, 0.5) is 0 Å². The molecule has 0 amide bonds. The van der Waals surface area contributed by atoms with Crippen LogP contribution in [0.15, 0.2) is 18.2 Å². The molecule has 1 aliphatic rings. The zero-order valence-corrected chi connectivity index (χ0v) is 10.1. The van der Waals surface area contributed by atoms with Crippen LogP contribution in [0, 0.1) is 0 Å². The van der Waals surface area contributed by atoms with E-state index in [-0.39, 0.29) is 12.1 Å². The van der Waals surface area contributed by atoms with E-state index in [1.165, 1.54) is 11.1 Å². The number of rotatable bonds is 4. The van der Waals surface area contributed by atoms with Gasteiger partial charge >= 0.3 is 0 Å². The van der Waals surface area contributed by atoms with Crippen molar-refractivity contribution in [2.45, 2.75) is 38.8 Å². The van der Waals surface area contributed by atoms with Gasteiger partial charge in [-0.15, -0.1) is 0 Å². The van der Waals surface area contributed by atoms with Crippen molar-refractivity contribution in [1.82, 2.24) is 5.48 Å². The number of ether oxygens (including phenoxy) is 1. The van der Waals surface area contributed by atoms with Crippen molar-refractivity contribution >= 4 is 0 Å². The molecule has 0 saturated heterocycles. The molecule has 0 fully saturated rings. The topological polar surface area (TPSA) is 30.5 Å². The number of hydroxylamine groups is 1. The lowest BCUT2D eigenvalue weighted by atomic mass is 10.00. The molecular formula is C13H19NO2. The second-order valence-corrected chi connectivity index (χ2v) is 4.05. The number of nitrogens with one attached hydrogen (secondary N) is 1. The third kappa shape index (κ3) is 1.81. The average molecular weight is 221 g/mol. The van der Waals surface area contributed by atoms with Gasteiger partial charge in [0.1, 0.15) is 11.9 Å². The van der Waals surface area contributed by atoms with Crippen molar-refractivity contribution in [3.05, 3.63) is 29.3 Å². The molecule has 2 atom stereocenters. The van der Waals surface area contributed by atoms with Crippen LogP contribution in [0.2, 0.25) is 0 Å². The molecule has 1 aromatic rings. The maximum atomic E-state index is 6.00.